The van der Waals surface area contributed by atoms with Crippen LogP contribution in [0, 0.1) is 11.7 Å². The summed E-state index contributed by atoms with van der Waals surface area (Å²) in [6.07, 6.45) is 1.61. The largest absolute Gasteiger partial charge is 0.332 e. The normalized spacial score (nSPS) is 10.6. The molecule has 3 rings (SSSR count). The van der Waals surface area contributed by atoms with E-state index in [0.29, 0.717) is 27.8 Å². The van der Waals surface area contributed by atoms with Crippen molar-refractivity contribution in [2.75, 3.05) is 5.32 Å². The Morgan fingerprint density at radius 1 is 1.32 bits per heavy atom. The monoisotopic (exact) mass is 351 g/mol. The van der Waals surface area contributed by atoms with Gasteiger partial charge >= 0.3 is 0 Å². The van der Waals surface area contributed by atoms with E-state index in [1.54, 1.807) is 24.3 Å². The minimum Gasteiger partial charge on any atom is -0.332 e. The topological polar surface area (TPSA) is 66.9 Å². The van der Waals surface area contributed by atoms with Crippen molar-refractivity contribution in [2.24, 2.45) is 0 Å². The number of aromatic amines is 1. The molecule has 1 heterocycles. The number of hydrogen-bond acceptors (Lipinski definition) is 3. The number of anilines is 1. The lowest BCUT2D eigenvalue weighted by Gasteiger charge is -2.09. The zero-order valence-electron chi connectivity index (χ0n) is 13.7. The Kier molecular flexibility index (Phi) is 4.63. The SMILES string of the molecule is C=CCn1c(=S)[nH]c2cc(C(=O)Nc3cccc(C)c3)ccc2c1=O. The van der Waals surface area contributed by atoms with Gasteiger partial charge in [0.1, 0.15) is 0 Å². The second kappa shape index (κ2) is 6.86. The minimum atomic E-state index is -0.248. The highest BCUT2D eigenvalue weighted by Gasteiger charge is 2.10. The Labute approximate surface area is 149 Å². The third-order valence-electron chi connectivity index (χ3n) is 3.83. The predicted molar refractivity (Wildman–Crippen MR) is 103 cm³/mol. The first kappa shape index (κ1) is 16.9. The van der Waals surface area contributed by atoms with Crippen molar-refractivity contribution in [3.05, 3.63) is 81.4 Å². The Bertz CT molecular complexity index is 1100. The first-order valence-corrected chi connectivity index (χ1v) is 8.16. The van der Waals surface area contributed by atoms with E-state index >= 15 is 0 Å². The number of aryl methyl sites for hydroxylation is 1. The summed E-state index contributed by atoms with van der Waals surface area (Å²) in [5, 5.41) is 3.32. The van der Waals surface area contributed by atoms with Gasteiger partial charge in [0.25, 0.3) is 11.5 Å². The number of nitrogens with zero attached hydrogens (tertiary/aromatic N) is 1. The van der Waals surface area contributed by atoms with Gasteiger partial charge in [0.15, 0.2) is 4.77 Å². The highest BCUT2D eigenvalue weighted by Crippen LogP contribution is 2.14. The molecule has 0 radical (unpaired) electrons. The fraction of sp³-hybridized carbons (Fsp3) is 0.105. The van der Waals surface area contributed by atoms with Crippen LogP contribution in [0.4, 0.5) is 5.69 Å². The van der Waals surface area contributed by atoms with Crippen LogP contribution in [0.5, 0.6) is 0 Å². The quantitative estimate of drug-likeness (QED) is 0.555. The highest BCUT2D eigenvalue weighted by molar-refractivity contribution is 7.71. The molecule has 2 N–H and O–H groups in total. The van der Waals surface area contributed by atoms with Gasteiger partial charge in [-0.25, -0.2) is 0 Å². The molecule has 1 amide bonds. The van der Waals surface area contributed by atoms with Gasteiger partial charge in [-0.1, -0.05) is 18.2 Å². The second-order valence-electron chi connectivity index (χ2n) is 5.72. The summed E-state index contributed by atoms with van der Waals surface area (Å²) in [7, 11) is 0. The number of allylic oxidation sites excluding steroid dienone is 1. The Morgan fingerprint density at radius 2 is 2.12 bits per heavy atom. The van der Waals surface area contributed by atoms with Crippen LogP contribution in [0.25, 0.3) is 10.9 Å². The molecule has 2 aromatic carbocycles. The van der Waals surface area contributed by atoms with Gasteiger partial charge in [0, 0.05) is 17.8 Å². The van der Waals surface area contributed by atoms with Crippen molar-refractivity contribution in [1.29, 1.82) is 0 Å². The molecule has 0 atom stereocenters. The van der Waals surface area contributed by atoms with E-state index in [0.717, 1.165) is 11.3 Å². The van der Waals surface area contributed by atoms with E-state index in [1.165, 1.54) is 4.57 Å². The maximum atomic E-state index is 12.5. The maximum absolute atomic E-state index is 12.5. The van der Waals surface area contributed by atoms with E-state index in [2.05, 4.69) is 16.9 Å². The van der Waals surface area contributed by atoms with Gasteiger partial charge in [-0.3, -0.25) is 14.2 Å². The summed E-state index contributed by atoms with van der Waals surface area (Å²) < 4.78 is 1.73. The fourth-order valence-corrected chi connectivity index (χ4v) is 2.88. The highest BCUT2D eigenvalue weighted by atomic mass is 32.1. The number of amides is 1. The van der Waals surface area contributed by atoms with E-state index in [-0.39, 0.29) is 11.5 Å². The van der Waals surface area contributed by atoms with Crippen LogP contribution in [-0.4, -0.2) is 15.5 Å². The zero-order chi connectivity index (χ0) is 18.0. The first-order chi connectivity index (χ1) is 12.0. The molecule has 0 saturated carbocycles. The molecule has 0 bridgehead atoms. The molecule has 25 heavy (non-hydrogen) atoms. The average Bonchev–Trinajstić information content (AvgIpc) is 2.58. The van der Waals surface area contributed by atoms with Crippen molar-refractivity contribution >= 4 is 34.7 Å². The average molecular weight is 351 g/mol. The summed E-state index contributed by atoms with van der Waals surface area (Å²) >= 11 is 5.22. The first-order valence-electron chi connectivity index (χ1n) is 7.75. The van der Waals surface area contributed by atoms with Gasteiger partial charge in [-0.2, -0.15) is 0 Å². The van der Waals surface area contributed by atoms with Crippen molar-refractivity contribution in [2.45, 2.75) is 13.5 Å². The standard InChI is InChI=1S/C19H17N3O2S/c1-3-9-22-18(24)15-8-7-13(11-16(15)21-19(22)25)17(23)20-14-6-4-5-12(2)10-14/h3-8,10-11H,1,9H2,2H3,(H,20,23)(H,21,25). The molecule has 0 unspecified atom stereocenters. The third-order valence-corrected chi connectivity index (χ3v) is 4.15. The lowest BCUT2D eigenvalue weighted by Crippen LogP contribution is -2.22. The summed E-state index contributed by atoms with van der Waals surface area (Å²) in [6.45, 7) is 5.92. The number of fused-ring (bicyclic) bond motifs is 1. The molecule has 5 nitrogen and oxygen atoms in total. The van der Waals surface area contributed by atoms with Crippen LogP contribution >= 0.6 is 12.2 Å². The number of carbonyl (C=O) groups excluding carboxylic acids is 1. The number of rotatable bonds is 4. The summed E-state index contributed by atoms with van der Waals surface area (Å²) in [5.74, 6) is -0.248. The molecule has 6 heteroatoms. The Hall–Kier alpha value is -2.99. The van der Waals surface area contributed by atoms with Gasteiger partial charge in [-0.15, -0.1) is 6.58 Å². The Morgan fingerprint density at radius 3 is 2.84 bits per heavy atom. The van der Waals surface area contributed by atoms with E-state index in [9.17, 15) is 9.59 Å². The fourth-order valence-electron chi connectivity index (χ4n) is 2.62. The number of carbonyl (C=O) groups is 1. The van der Waals surface area contributed by atoms with Crippen LogP contribution in [0.15, 0.2) is 59.9 Å². The smallest absolute Gasteiger partial charge is 0.262 e. The van der Waals surface area contributed by atoms with Crippen LogP contribution in [0.2, 0.25) is 0 Å². The van der Waals surface area contributed by atoms with E-state index < -0.39 is 0 Å². The lowest BCUT2D eigenvalue weighted by atomic mass is 10.1. The molecule has 3 aromatic rings. The molecule has 0 saturated heterocycles. The van der Waals surface area contributed by atoms with Crippen molar-refractivity contribution in [3.63, 3.8) is 0 Å². The van der Waals surface area contributed by atoms with Crippen LogP contribution in [0.3, 0.4) is 0 Å². The number of nitrogens with one attached hydrogen (secondary N) is 2. The molecule has 0 aliphatic carbocycles. The van der Waals surface area contributed by atoms with Gasteiger partial charge in [0.05, 0.1) is 10.9 Å². The molecule has 1 aromatic heterocycles. The van der Waals surface area contributed by atoms with Gasteiger partial charge < -0.3 is 10.3 Å². The summed E-state index contributed by atoms with van der Waals surface area (Å²) in [6, 6.07) is 12.5. The molecule has 0 fully saturated rings. The molecular formula is C19H17N3O2S. The number of aromatic nitrogens is 2. The van der Waals surface area contributed by atoms with E-state index in [1.807, 2.05) is 31.2 Å². The number of hydrogen-bond donors (Lipinski definition) is 2. The van der Waals surface area contributed by atoms with Crippen molar-refractivity contribution in [3.8, 4) is 0 Å². The Balaban J connectivity index is 2.00. The zero-order valence-corrected chi connectivity index (χ0v) is 14.5. The predicted octanol–water partition coefficient (Wildman–Crippen LogP) is 3.81. The maximum Gasteiger partial charge on any atom is 0.262 e. The van der Waals surface area contributed by atoms with Crippen LogP contribution in [-0.2, 0) is 6.54 Å². The molecule has 126 valence electrons. The molecule has 0 spiro atoms. The number of H-pyrrole nitrogens is 1. The lowest BCUT2D eigenvalue weighted by molar-refractivity contribution is 0.102. The van der Waals surface area contributed by atoms with Gasteiger partial charge in [-0.05, 0) is 55.0 Å². The summed E-state index contributed by atoms with van der Waals surface area (Å²) in [4.78, 5) is 27.9. The van der Waals surface area contributed by atoms with Crippen molar-refractivity contribution < 1.29 is 4.79 Å². The number of benzene rings is 2. The molecular weight excluding hydrogens is 334 g/mol. The second-order valence-corrected chi connectivity index (χ2v) is 6.11. The molecule has 0 aliphatic rings. The van der Waals surface area contributed by atoms with Gasteiger partial charge in [0.2, 0.25) is 0 Å². The molecule has 0 aliphatic heterocycles. The van der Waals surface area contributed by atoms with Crippen LogP contribution < -0.4 is 10.9 Å². The van der Waals surface area contributed by atoms with E-state index in [4.69, 9.17) is 12.2 Å². The van der Waals surface area contributed by atoms with Crippen molar-refractivity contribution in [1.82, 2.24) is 9.55 Å². The van der Waals surface area contributed by atoms with Crippen LogP contribution in [0.1, 0.15) is 15.9 Å². The third kappa shape index (κ3) is 3.44. The summed E-state index contributed by atoms with van der Waals surface area (Å²) in [5.41, 5.74) is 2.56. The minimum absolute atomic E-state index is 0.204.